The molecule has 0 bridgehead atoms. The molecule has 0 aliphatic carbocycles. The Hall–Kier alpha value is -7.24. The lowest BCUT2D eigenvalue weighted by Crippen LogP contribution is -2.03. The third kappa shape index (κ3) is 4.07. The van der Waals surface area contributed by atoms with E-state index in [0.29, 0.717) is 11.5 Å². The Kier molecular flexibility index (Phi) is 5.71. The molecule has 0 fully saturated rings. The van der Waals surface area contributed by atoms with Gasteiger partial charge in [0, 0.05) is 38.2 Å². The minimum absolute atomic E-state index is 0.607. The molecule has 0 atom stereocenters. The number of fused-ring (bicyclic) bond motifs is 11. The SMILES string of the molecule is c1ccc(-c2nc(-n3c4ccccc4c4cc5c(cc43)c3ccccc3n5-c3ccc4ccccc4c3)nc3c2oc2cc4ccccc4cc23)cc1. The molecule has 0 saturated carbocycles. The lowest BCUT2D eigenvalue weighted by Gasteiger charge is -2.10. The summed E-state index contributed by atoms with van der Waals surface area (Å²) in [5, 5.41) is 10.4. The summed E-state index contributed by atoms with van der Waals surface area (Å²) in [6.45, 7) is 0. The molecule has 12 aromatic rings. The van der Waals surface area contributed by atoms with Gasteiger partial charge in [-0.25, -0.2) is 9.97 Å². The van der Waals surface area contributed by atoms with Crippen LogP contribution in [0, 0.1) is 0 Å². The smallest absolute Gasteiger partial charge is 0.236 e. The molecule has 53 heavy (non-hydrogen) atoms. The van der Waals surface area contributed by atoms with Gasteiger partial charge in [-0.3, -0.25) is 4.57 Å². The van der Waals surface area contributed by atoms with Crippen LogP contribution in [0.1, 0.15) is 0 Å². The maximum Gasteiger partial charge on any atom is 0.236 e. The maximum absolute atomic E-state index is 6.63. The van der Waals surface area contributed by atoms with Gasteiger partial charge < -0.3 is 8.98 Å². The third-order valence-corrected chi connectivity index (χ3v) is 10.9. The van der Waals surface area contributed by atoms with Crippen LogP contribution in [-0.4, -0.2) is 19.1 Å². The summed E-state index contributed by atoms with van der Waals surface area (Å²) < 4.78 is 11.3. The largest absolute Gasteiger partial charge is 0.452 e. The Balaban J connectivity index is 1.20. The van der Waals surface area contributed by atoms with Crippen molar-refractivity contribution in [2.75, 3.05) is 0 Å². The minimum atomic E-state index is 0.607. The molecule has 4 heterocycles. The number of para-hydroxylation sites is 2. The second-order valence-electron chi connectivity index (χ2n) is 13.8. The summed E-state index contributed by atoms with van der Waals surface area (Å²) in [7, 11) is 0. The Labute approximate surface area is 302 Å². The van der Waals surface area contributed by atoms with Gasteiger partial charge in [0.2, 0.25) is 5.95 Å². The van der Waals surface area contributed by atoms with E-state index in [4.69, 9.17) is 14.4 Å². The molecule has 246 valence electrons. The van der Waals surface area contributed by atoms with E-state index < -0.39 is 0 Å². The highest BCUT2D eigenvalue weighted by Gasteiger charge is 2.23. The highest BCUT2D eigenvalue weighted by molar-refractivity contribution is 6.19. The average molecular weight is 677 g/mol. The second-order valence-corrected chi connectivity index (χ2v) is 13.8. The Morgan fingerprint density at radius 3 is 1.72 bits per heavy atom. The van der Waals surface area contributed by atoms with Crippen molar-refractivity contribution in [2.24, 2.45) is 0 Å². The molecular formula is C48H28N4O. The molecule has 0 N–H and O–H groups in total. The third-order valence-electron chi connectivity index (χ3n) is 10.9. The van der Waals surface area contributed by atoms with Gasteiger partial charge in [0.15, 0.2) is 5.58 Å². The number of furan rings is 1. The summed E-state index contributed by atoms with van der Waals surface area (Å²) in [4.78, 5) is 10.7. The van der Waals surface area contributed by atoms with E-state index in [-0.39, 0.29) is 0 Å². The number of hydrogen-bond donors (Lipinski definition) is 0. The monoisotopic (exact) mass is 676 g/mol. The maximum atomic E-state index is 6.63. The zero-order chi connectivity index (χ0) is 34.6. The molecule has 0 aliphatic rings. The predicted octanol–water partition coefficient (Wildman–Crippen LogP) is 12.5. The minimum Gasteiger partial charge on any atom is -0.452 e. The van der Waals surface area contributed by atoms with Gasteiger partial charge in [0.1, 0.15) is 16.8 Å². The topological polar surface area (TPSA) is 48.8 Å². The van der Waals surface area contributed by atoms with Crippen molar-refractivity contribution in [2.45, 2.75) is 0 Å². The standard InChI is InChI=1S/C48H28N4O/c1-2-13-30(14-3-1)45-47-46(39-25-32-16-6-7-17-33(32)26-44(39)53-47)50-48(49-45)52-41-21-11-9-19-36(41)38-27-42-37(28-43(38)52)35-18-8-10-20-40(35)51(42)34-23-22-29-12-4-5-15-31(29)24-34/h1-28H. The molecule has 0 radical (unpaired) electrons. The van der Waals surface area contributed by atoms with Crippen LogP contribution in [-0.2, 0) is 0 Å². The number of rotatable bonds is 3. The first-order chi connectivity index (χ1) is 26.3. The van der Waals surface area contributed by atoms with E-state index in [2.05, 4.69) is 161 Å². The van der Waals surface area contributed by atoms with Crippen molar-refractivity contribution in [1.82, 2.24) is 19.1 Å². The molecule has 0 amide bonds. The lowest BCUT2D eigenvalue weighted by molar-refractivity contribution is 0.667. The Bertz CT molecular complexity index is 3460. The van der Waals surface area contributed by atoms with Crippen LogP contribution in [0.2, 0.25) is 0 Å². The van der Waals surface area contributed by atoms with Gasteiger partial charge in [-0.1, -0.05) is 121 Å². The van der Waals surface area contributed by atoms with Crippen molar-refractivity contribution < 1.29 is 4.42 Å². The van der Waals surface area contributed by atoms with Gasteiger partial charge >= 0.3 is 0 Å². The number of nitrogens with zero attached hydrogens (tertiary/aromatic N) is 4. The van der Waals surface area contributed by atoms with Crippen molar-refractivity contribution in [3.63, 3.8) is 0 Å². The fourth-order valence-corrected chi connectivity index (χ4v) is 8.45. The molecular weight excluding hydrogens is 649 g/mol. The molecule has 0 aliphatic heterocycles. The van der Waals surface area contributed by atoms with Gasteiger partial charge in [-0.15, -0.1) is 0 Å². The average Bonchev–Trinajstić information content (AvgIpc) is 3.85. The highest BCUT2D eigenvalue weighted by Crippen LogP contribution is 2.41. The summed E-state index contributed by atoms with van der Waals surface area (Å²) in [6.07, 6.45) is 0. The van der Waals surface area contributed by atoms with Gasteiger partial charge in [-0.05, 0) is 70.1 Å². The first-order valence-corrected chi connectivity index (χ1v) is 17.9. The summed E-state index contributed by atoms with van der Waals surface area (Å²) in [6, 6.07) is 60.3. The highest BCUT2D eigenvalue weighted by atomic mass is 16.3. The number of benzene rings is 8. The predicted molar refractivity (Wildman–Crippen MR) is 218 cm³/mol. The summed E-state index contributed by atoms with van der Waals surface area (Å²) in [5.74, 6) is 0.607. The number of hydrogen-bond acceptors (Lipinski definition) is 3. The van der Waals surface area contributed by atoms with Crippen molar-refractivity contribution in [3.05, 3.63) is 170 Å². The molecule has 0 unspecified atom stereocenters. The first-order valence-electron chi connectivity index (χ1n) is 17.9. The van der Waals surface area contributed by atoms with Gasteiger partial charge in [0.25, 0.3) is 0 Å². The van der Waals surface area contributed by atoms with E-state index in [1.807, 2.05) is 18.2 Å². The normalized spacial score (nSPS) is 12.2. The lowest BCUT2D eigenvalue weighted by atomic mass is 10.1. The van der Waals surface area contributed by atoms with Crippen LogP contribution < -0.4 is 0 Å². The fourth-order valence-electron chi connectivity index (χ4n) is 8.45. The first kappa shape index (κ1) is 28.5. The Morgan fingerprint density at radius 1 is 0.396 bits per heavy atom. The number of aromatic nitrogens is 4. The van der Waals surface area contributed by atoms with Crippen LogP contribution in [0.25, 0.3) is 110 Å². The van der Waals surface area contributed by atoms with Crippen LogP contribution in [0.3, 0.4) is 0 Å². The molecule has 5 nitrogen and oxygen atoms in total. The Morgan fingerprint density at radius 2 is 0.981 bits per heavy atom. The summed E-state index contributed by atoms with van der Waals surface area (Å²) >= 11 is 0. The van der Waals surface area contributed by atoms with Crippen molar-refractivity contribution >= 4 is 87.2 Å². The van der Waals surface area contributed by atoms with Crippen molar-refractivity contribution in [1.29, 1.82) is 0 Å². The molecule has 0 saturated heterocycles. The van der Waals surface area contributed by atoms with E-state index in [1.54, 1.807) is 0 Å². The van der Waals surface area contributed by atoms with Crippen LogP contribution >= 0.6 is 0 Å². The van der Waals surface area contributed by atoms with Gasteiger partial charge in [-0.2, -0.15) is 0 Å². The molecule has 0 spiro atoms. The molecule has 8 aromatic carbocycles. The van der Waals surface area contributed by atoms with Crippen LogP contribution in [0.5, 0.6) is 0 Å². The van der Waals surface area contributed by atoms with E-state index in [0.717, 1.165) is 71.5 Å². The second kappa shape index (κ2) is 10.6. The van der Waals surface area contributed by atoms with E-state index >= 15 is 0 Å². The van der Waals surface area contributed by atoms with E-state index in [9.17, 15) is 0 Å². The van der Waals surface area contributed by atoms with Crippen LogP contribution in [0.15, 0.2) is 174 Å². The zero-order valence-electron chi connectivity index (χ0n) is 28.4. The zero-order valence-corrected chi connectivity index (χ0v) is 28.4. The summed E-state index contributed by atoms with van der Waals surface area (Å²) in [5.41, 5.74) is 9.60. The van der Waals surface area contributed by atoms with Crippen LogP contribution in [0.4, 0.5) is 0 Å². The van der Waals surface area contributed by atoms with E-state index in [1.165, 1.54) is 27.1 Å². The fraction of sp³-hybridized carbons (Fsp3) is 0. The molecule has 12 rings (SSSR count). The van der Waals surface area contributed by atoms with Gasteiger partial charge in [0.05, 0.1) is 22.1 Å². The molecule has 4 aromatic heterocycles. The quantitative estimate of drug-likeness (QED) is 0.187. The van der Waals surface area contributed by atoms with Crippen molar-refractivity contribution in [3.8, 4) is 22.9 Å². The molecule has 5 heteroatoms.